The molecule has 3 N–H and O–H groups in total. The van der Waals surface area contributed by atoms with Crippen LogP contribution in [0, 0.1) is 0 Å². The summed E-state index contributed by atoms with van der Waals surface area (Å²) in [5.41, 5.74) is 7.86. The Morgan fingerprint density at radius 2 is 2.14 bits per heavy atom. The number of hydrazine groups is 1. The van der Waals surface area contributed by atoms with Gasteiger partial charge in [-0.25, -0.2) is 0 Å². The molecule has 1 aromatic carbocycles. The number of carbonyl (C=O) groups excluding carboxylic acids is 1. The average molecular weight is 310 g/mol. The number of rotatable bonds is 5. The summed E-state index contributed by atoms with van der Waals surface area (Å²) in [7, 11) is 0. The maximum absolute atomic E-state index is 10.9. The van der Waals surface area contributed by atoms with Crippen molar-refractivity contribution in [3.8, 4) is 0 Å². The fraction of sp³-hybridized carbons (Fsp3) is 0.400. The molecule has 0 saturated heterocycles. The van der Waals surface area contributed by atoms with E-state index in [0.29, 0.717) is 11.7 Å². The van der Waals surface area contributed by atoms with Crippen LogP contribution in [0.5, 0.6) is 0 Å². The number of hydrogen-bond donors (Lipinski definition) is 3. The number of aromatic carboxylic acids is 1. The smallest absolute Gasteiger partial charge is 0.0980 e. The summed E-state index contributed by atoms with van der Waals surface area (Å²) < 4.78 is 0. The fourth-order valence-electron chi connectivity index (χ4n) is 2.30. The van der Waals surface area contributed by atoms with E-state index in [1.807, 2.05) is 0 Å². The molecule has 0 radical (unpaired) electrons. The number of halogens is 1. The third kappa shape index (κ3) is 4.12. The highest BCUT2D eigenvalue weighted by molar-refractivity contribution is 6.33. The average Bonchev–Trinajstić information content (AvgIpc) is 2.46. The van der Waals surface area contributed by atoms with Crippen LogP contribution in [-0.2, 0) is 0 Å². The van der Waals surface area contributed by atoms with Crippen molar-refractivity contribution >= 4 is 23.3 Å². The molecule has 0 fully saturated rings. The molecule has 6 heteroatoms. The van der Waals surface area contributed by atoms with E-state index in [-0.39, 0.29) is 10.6 Å². The first-order valence-corrected chi connectivity index (χ1v) is 7.41. The Hall–Kier alpha value is -1.72. The Balaban J connectivity index is 1.95. The highest BCUT2D eigenvalue weighted by atomic mass is 35.5. The molecule has 0 aromatic heterocycles. The Labute approximate surface area is 129 Å². The lowest BCUT2D eigenvalue weighted by Crippen LogP contribution is -3.15. The molecular weight excluding hydrogens is 290 g/mol. The van der Waals surface area contributed by atoms with Crippen LogP contribution in [-0.4, -0.2) is 25.1 Å². The van der Waals surface area contributed by atoms with Crippen molar-refractivity contribution in [2.24, 2.45) is 0 Å². The van der Waals surface area contributed by atoms with E-state index in [1.54, 1.807) is 11.0 Å². The number of nitrogens with one attached hydrogen (secondary N) is 3. The van der Waals surface area contributed by atoms with Crippen molar-refractivity contribution in [2.45, 2.75) is 26.3 Å². The monoisotopic (exact) mass is 309 g/mol. The molecule has 114 valence electrons. The summed E-state index contributed by atoms with van der Waals surface area (Å²) in [5.74, 6) is -1.28. The minimum Gasteiger partial charge on any atom is -0.545 e. The van der Waals surface area contributed by atoms with Crippen LogP contribution in [0.3, 0.4) is 0 Å². The lowest BCUT2D eigenvalue weighted by atomic mass is 10.1. The van der Waals surface area contributed by atoms with E-state index >= 15 is 0 Å². The minimum atomic E-state index is -1.28. The van der Waals surface area contributed by atoms with Crippen LogP contribution >= 0.6 is 11.6 Å². The number of carboxylic acid groups (broad SMARTS) is 1. The van der Waals surface area contributed by atoms with Crippen molar-refractivity contribution in [1.82, 2.24) is 5.43 Å². The molecule has 1 aliphatic rings. The predicted octanol–water partition coefficient (Wildman–Crippen LogP) is 0.201. The van der Waals surface area contributed by atoms with E-state index in [0.717, 1.165) is 25.2 Å². The Kier molecular flexibility index (Phi) is 5.09. The van der Waals surface area contributed by atoms with Gasteiger partial charge in [0.1, 0.15) is 0 Å². The second kappa shape index (κ2) is 6.83. The molecule has 2 rings (SSSR count). The van der Waals surface area contributed by atoms with Gasteiger partial charge in [0, 0.05) is 22.7 Å². The highest BCUT2D eigenvalue weighted by Crippen LogP contribution is 2.19. The van der Waals surface area contributed by atoms with Crippen molar-refractivity contribution in [1.29, 1.82) is 0 Å². The van der Waals surface area contributed by atoms with Gasteiger partial charge in [-0.3, -0.25) is 0 Å². The van der Waals surface area contributed by atoms with Gasteiger partial charge in [0.05, 0.1) is 30.8 Å². The number of carboxylic acids is 1. The molecule has 1 aliphatic heterocycles. The van der Waals surface area contributed by atoms with Gasteiger partial charge < -0.3 is 25.7 Å². The van der Waals surface area contributed by atoms with Crippen molar-refractivity contribution in [3.63, 3.8) is 0 Å². The maximum Gasteiger partial charge on any atom is 0.0980 e. The molecule has 1 heterocycles. The number of anilines is 1. The fourth-order valence-corrected chi connectivity index (χ4v) is 2.50. The molecular formula is C15H20ClN3O2. The summed E-state index contributed by atoms with van der Waals surface area (Å²) in [6.45, 7) is 6.51. The van der Waals surface area contributed by atoms with Gasteiger partial charge in [-0.2, -0.15) is 0 Å². The van der Waals surface area contributed by atoms with Gasteiger partial charge in [-0.05, 0) is 38.1 Å². The third-order valence-corrected chi connectivity index (χ3v) is 4.03. The SMILES string of the molecule is CC(C)[NH+]1CC=C(NNc2ccc(Cl)c(C(=O)[O-])c2)CC1. The van der Waals surface area contributed by atoms with E-state index < -0.39 is 5.97 Å². The number of carbonyl (C=O) groups is 1. The predicted molar refractivity (Wildman–Crippen MR) is 81.1 cm³/mol. The summed E-state index contributed by atoms with van der Waals surface area (Å²) in [6, 6.07) is 5.34. The van der Waals surface area contributed by atoms with Crippen molar-refractivity contribution in [2.75, 3.05) is 18.5 Å². The standard InChI is InChI=1S/C15H20ClN3O2/c1-10(2)19-7-5-11(6-8-19)17-18-12-3-4-14(16)13(9-12)15(20)21/h3-5,9-10,17-18H,6-8H2,1-2H3,(H,20,21). The lowest BCUT2D eigenvalue weighted by molar-refractivity contribution is -0.917. The number of hydrogen-bond acceptors (Lipinski definition) is 4. The number of quaternary nitrogens is 1. The van der Waals surface area contributed by atoms with E-state index in [2.05, 4.69) is 30.8 Å². The van der Waals surface area contributed by atoms with Gasteiger partial charge in [0.25, 0.3) is 0 Å². The molecule has 0 amide bonds. The number of benzene rings is 1. The van der Waals surface area contributed by atoms with Crippen LogP contribution in [0.4, 0.5) is 5.69 Å². The maximum atomic E-state index is 10.9. The van der Waals surface area contributed by atoms with Crippen LogP contribution < -0.4 is 20.9 Å². The summed E-state index contributed by atoms with van der Waals surface area (Å²) >= 11 is 5.80. The van der Waals surface area contributed by atoms with Crippen molar-refractivity contribution in [3.05, 3.63) is 40.6 Å². The molecule has 0 bridgehead atoms. The van der Waals surface area contributed by atoms with Crippen LogP contribution in [0.2, 0.25) is 5.02 Å². The molecule has 1 atom stereocenters. The summed E-state index contributed by atoms with van der Waals surface area (Å²) in [6.07, 6.45) is 3.13. The van der Waals surface area contributed by atoms with E-state index in [1.165, 1.54) is 12.1 Å². The summed E-state index contributed by atoms with van der Waals surface area (Å²) in [5, 5.41) is 11.1. The largest absolute Gasteiger partial charge is 0.545 e. The summed E-state index contributed by atoms with van der Waals surface area (Å²) in [4.78, 5) is 12.5. The molecule has 21 heavy (non-hydrogen) atoms. The molecule has 1 unspecified atom stereocenters. The van der Waals surface area contributed by atoms with Gasteiger partial charge in [0.2, 0.25) is 0 Å². The Morgan fingerprint density at radius 1 is 1.38 bits per heavy atom. The zero-order valence-electron chi connectivity index (χ0n) is 12.2. The topological polar surface area (TPSA) is 68.6 Å². The third-order valence-electron chi connectivity index (χ3n) is 3.70. The molecule has 0 aliphatic carbocycles. The van der Waals surface area contributed by atoms with Gasteiger partial charge >= 0.3 is 0 Å². The normalized spacial score (nSPS) is 18.3. The second-order valence-corrected chi connectivity index (χ2v) is 5.89. The van der Waals surface area contributed by atoms with Crippen molar-refractivity contribution < 1.29 is 14.8 Å². The molecule has 5 nitrogen and oxygen atoms in total. The zero-order chi connectivity index (χ0) is 15.4. The second-order valence-electron chi connectivity index (χ2n) is 5.48. The van der Waals surface area contributed by atoms with Gasteiger partial charge in [0.15, 0.2) is 0 Å². The first-order valence-electron chi connectivity index (χ1n) is 7.04. The molecule has 0 spiro atoms. The van der Waals surface area contributed by atoms with Crippen LogP contribution in [0.25, 0.3) is 0 Å². The van der Waals surface area contributed by atoms with Gasteiger partial charge in [-0.1, -0.05) is 11.6 Å². The quantitative estimate of drug-likeness (QED) is 0.680. The minimum absolute atomic E-state index is 0.0171. The first-order chi connectivity index (χ1) is 9.97. The molecule has 0 saturated carbocycles. The first kappa shape index (κ1) is 15.7. The van der Waals surface area contributed by atoms with Gasteiger partial charge in [-0.15, -0.1) is 0 Å². The zero-order valence-corrected chi connectivity index (χ0v) is 13.0. The van der Waals surface area contributed by atoms with Crippen LogP contribution in [0.1, 0.15) is 30.6 Å². The molecule has 1 aromatic rings. The van der Waals surface area contributed by atoms with E-state index in [4.69, 9.17) is 11.6 Å². The Bertz CT molecular complexity index is 558. The lowest BCUT2D eigenvalue weighted by Gasteiger charge is -2.27. The highest BCUT2D eigenvalue weighted by Gasteiger charge is 2.17. The Morgan fingerprint density at radius 3 is 2.71 bits per heavy atom. The van der Waals surface area contributed by atoms with Crippen LogP contribution in [0.15, 0.2) is 30.0 Å². The van der Waals surface area contributed by atoms with E-state index in [9.17, 15) is 9.90 Å².